The van der Waals surface area contributed by atoms with Crippen LogP contribution in [0.3, 0.4) is 0 Å². The molecule has 2 unspecified atom stereocenters. The van der Waals surface area contributed by atoms with E-state index in [4.69, 9.17) is 4.74 Å². The molecule has 3 aromatic rings. The molecule has 0 radical (unpaired) electrons. The third kappa shape index (κ3) is 3.59. The van der Waals surface area contributed by atoms with Gasteiger partial charge in [0.25, 0.3) is 0 Å². The molecule has 126 valence electrons. The second-order valence-electron chi connectivity index (χ2n) is 5.97. The predicted octanol–water partition coefficient (Wildman–Crippen LogP) is 2.89. The summed E-state index contributed by atoms with van der Waals surface area (Å²) in [5.41, 5.74) is 3.74. The number of para-hydroxylation sites is 2. The van der Waals surface area contributed by atoms with E-state index in [0.29, 0.717) is 5.16 Å². The molecule has 1 N–H and O–H groups in total. The van der Waals surface area contributed by atoms with E-state index >= 15 is 0 Å². The molecule has 1 aliphatic carbocycles. The van der Waals surface area contributed by atoms with Gasteiger partial charge >= 0.3 is 34.7 Å². The molecular formula is C18H20N3NaO2S. The number of nitrogens with one attached hydrogen (secondary N) is 1. The topological polar surface area (TPSA) is 73.9 Å². The zero-order valence-electron chi connectivity index (χ0n) is 13.5. The van der Waals surface area contributed by atoms with Gasteiger partial charge in [0.05, 0.1) is 23.8 Å². The number of fused-ring (bicyclic) bond motifs is 2. The van der Waals surface area contributed by atoms with Crippen molar-refractivity contribution in [1.29, 1.82) is 0 Å². The molecule has 2 heterocycles. The first-order valence-electron chi connectivity index (χ1n) is 8.15. The van der Waals surface area contributed by atoms with Crippen molar-refractivity contribution >= 4 is 51.8 Å². The number of rotatable bonds is 3. The van der Waals surface area contributed by atoms with Crippen molar-refractivity contribution in [2.45, 2.75) is 36.1 Å². The summed E-state index contributed by atoms with van der Waals surface area (Å²) in [6, 6.07) is 9.63. The Morgan fingerprint density at radius 1 is 1.24 bits per heavy atom. The summed E-state index contributed by atoms with van der Waals surface area (Å²) >= 11 is -1.27. The number of imidazole rings is 1. The van der Waals surface area contributed by atoms with Crippen LogP contribution >= 0.6 is 0 Å². The summed E-state index contributed by atoms with van der Waals surface area (Å²) < 4.78 is 18.7. The Kier molecular flexibility index (Phi) is 6.07. The Balaban J connectivity index is 0.00000182. The van der Waals surface area contributed by atoms with Gasteiger partial charge in [-0.15, -0.1) is 0 Å². The average Bonchev–Trinajstić information content (AvgIpc) is 2.93. The van der Waals surface area contributed by atoms with Gasteiger partial charge in [0.2, 0.25) is 0 Å². The number of ether oxygens (including phenoxy) is 1. The SMILES string of the molecule is COc1ccnc2c1CCCCC2[S+]([O-])c1nc2ccccc2[nH]1.[NaH]. The summed E-state index contributed by atoms with van der Waals surface area (Å²) in [7, 11) is 1.67. The fraction of sp³-hybridized carbons (Fsp3) is 0.333. The number of benzene rings is 1. The molecule has 0 saturated heterocycles. The van der Waals surface area contributed by atoms with Crippen molar-refractivity contribution in [2.75, 3.05) is 7.11 Å². The quantitative estimate of drug-likeness (QED) is 0.440. The summed E-state index contributed by atoms with van der Waals surface area (Å²) in [5, 5.41) is 0.372. The molecule has 4 rings (SSSR count). The number of H-pyrrole nitrogens is 1. The van der Waals surface area contributed by atoms with E-state index < -0.39 is 11.2 Å². The van der Waals surface area contributed by atoms with E-state index in [1.54, 1.807) is 13.3 Å². The van der Waals surface area contributed by atoms with Crippen LogP contribution in [-0.2, 0) is 17.6 Å². The molecular weight excluding hydrogens is 345 g/mol. The third-order valence-corrected chi connectivity index (χ3v) is 6.08. The van der Waals surface area contributed by atoms with E-state index in [1.165, 1.54) is 0 Å². The molecule has 1 aromatic carbocycles. The number of aromatic nitrogens is 3. The van der Waals surface area contributed by atoms with Crippen molar-refractivity contribution in [3.05, 3.63) is 47.8 Å². The van der Waals surface area contributed by atoms with Gasteiger partial charge in [-0.05, 0) is 37.5 Å². The van der Waals surface area contributed by atoms with Crippen LogP contribution in [0.4, 0.5) is 0 Å². The van der Waals surface area contributed by atoms with Crippen molar-refractivity contribution in [1.82, 2.24) is 15.0 Å². The predicted molar refractivity (Wildman–Crippen MR) is 101 cm³/mol. The standard InChI is InChI=1S/C18H19N3O2S.Na.H/c1-23-15-10-11-19-17-12(15)6-2-5-9-16(17)24(22)18-20-13-7-3-4-8-14(13)21-18;;/h3-4,7-8,10-11,16H,2,5-6,9H2,1H3,(H,20,21);;. The first-order chi connectivity index (χ1) is 11.8. The van der Waals surface area contributed by atoms with Crippen LogP contribution in [-0.4, -0.2) is 56.2 Å². The fourth-order valence-electron chi connectivity index (χ4n) is 3.35. The molecule has 0 aliphatic heterocycles. The van der Waals surface area contributed by atoms with Gasteiger partial charge in [-0.2, -0.15) is 4.98 Å². The summed E-state index contributed by atoms with van der Waals surface area (Å²) in [4.78, 5) is 12.3. The zero-order valence-corrected chi connectivity index (χ0v) is 14.3. The van der Waals surface area contributed by atoms with Crippen LogP contribution in [0.25, 0.3) is 11.0 Å². The van der Waals surface area contributed by atoms with Crippen molar-refractivity contribution in [3.8, 4) is 5.75 Å². The van der Waals surface area contributed by atoms with Crippen LogP contribution < -0.4 is 4.74 Å². The molecule has 0 bridgehead atoms. The van der Waals surface area contributed by atoms with Crippen molar-refractivity contribution in [3.63, 3.8) is 0 Å². The maximum atomic E-state index is 13.2. The zero-order chi connectivity index (χ0) is 16.5. The Bertz CT molecular complexity index is 837. The average molecular weight is 365 g/mol. The van der Waals surface area contributed by atoms with Crippen LogP contribution in [0, 0.1) is 0 Å². The van der Waals surface area contributed by atoms with Crippen molar-refractivity contribution < 1.29 is 9.29 Å². The fourth-order valence-corrected chi connectivity index (χ4v) is 4.80. The number of hydrogen-bond donors (Lipinski definition) is 1. The Labute approximate surface area is 172 Å². The molecule has 0 fully saturated rings. The number of hydrogen-bond acceptors (Lipinski definition) is 4. The van der Waals surface area contributed by atoms with Crippen LogP contribution in [0.5, 0.6) is 5.75 Å². The van der Waals surface area contributed by atoms with Gasteiger partial charge in [0.15, 0.2) is 5.25 Å². The Morgan fingerprint density at radius 2 is 2.08 bits per heavy atom. The third-order valence-electron chi connectivity index (χ3n) is 4.53. The molecule has 1 aliphatic rings. The van der Waals surface area contributed by atoms with Gasteiger partial charge in [-0.25, -0.2) is 0 Å². The number of nitrogens with zero attached hydrogens (tertiary/aromatic N) is 2. The normalized spacial score (nSPS) is 18.1. The first-order valence-corrected chi connectivity index (χ1v) is 9.36. The monoisotopic (exact) mass is 365 g/mol. The van der Waals surface area contributed by atoms with Gasteiger partial charge in [-0.3, -0.25) is 9.97 Å². The summed E-state index contributed by atoms with van der Waals surface area (Å²) in [6.45, 7) is 0. The second kappa shape index (κ2) is 8.10. The first kappa shape index (κ1) is 18.7. The molecule has 0 amide bonds. The van der Waals surface area contributed by atoms with Crippen LogP contribution in [0.2, 0.25) is 0 Å². The number of methoxy groups -OCH3 is 1. The van der Waals surface area contributed by atoms with Crippen molar-refractivity contribution in [2.24, 2.45) is 0 Å². The van der Waals surface area contributed by atoms with Gasteiger partial charge in [0, 0.05) is 29.4 Å². The molecule has 0 spiro atoms. The van der Waals surface area contributed by atoms with E-state index in [1.807, 2.05) is 30.3 Å². The molecule has 0 saturated carbocycles. The van der Waals surface area contributed by atoms with E-state index in [2.05, 4.69) is 15.0 Å². The molecule has 2 aromatic heterocycles. The van der Waals surface area contributed by atoms with Crippen LogP contribution in [0.15, 0.2) is 41.7 Å². The van der Waals surface area contributed by atoms with Gasteiger partial charge < -0.3 is 9.29 Å². The molecule has 5 nitrogen and oxygen atoms in total. The number of pyridine rings is 1. The van der Waals surface area contributed by atoms with Gasteiger partial charge in [-0.1, -0.05) is 12.1 Å². The maximum absolute atomic E-state index is 13.2. The second-order valence-corrected chi connectivity index (χ2v) is 7.52. The summed E-state index contributed by atoms with van der Waals surface area (Å²) in [6.07, 6.45) is 5.59. The Hall–Kier alpha value is -1.05. The minimum atomic E-state index is -1.27. The van der Waals surface area contributed by atoms with E-state index in [-0.39, 0.29) is 34.8 Å². The molecule has 7 heteroatoms. The minimum absolute atomic E-state index is 0. The summed E-state index contributed by atoms with van der Waals surface area (Å²) in [5.74, 6) is 0.841. The van der Waals surface area contributed by atoms with E-state index in [9.17, 15) is 4.55 Å². The van der Waals surface area contributed by atoms with E-state index in [0.717, 1.165) is 53.7 Å². The van der Waals surface area contributed by atoms with Crippen LogP contribution in [0.1, 0.15) is 35.8 Å². The van der Waals surface area contributed by atoms with Gasteiger partial charge in [0.1, 0.15) is 5.75 Å². The number of aromatic amines is 1. The molecule has 2 atom stereocenters. The molecule has 25 heavy (non-hydrogen) atoms. The Morgan fingerprint density at radius 3 is 2.88 bits per heavy atom.